The molecule has 0 saturated heterocycles. The zero-order chi connectivity index (χ0) is 21.1. The maximum absolute atomic E-state index is 13.9. The van der Waals surface area contributed by atoms with Crippen LogP contribution in [0.25, 0.3) is 0 Å². The van der Waals surface area contributed by atoms with Gasteiger partial charge in [0.15, 0.2) is 5.90 Å². The number of halogens is 1. The average Bonchev–Trinajstić information content (AvgIpc) is 2.63. The second-order valence-electron chi connectivity index (χ2n) is 7.05. The van der Waals surface area contributed by atoms with E-state index in [1.807, 2.05) is 0 Å². The quantitative estimate of drug-likeness (QED) is 0.606. The molecule has 1 aromatic heterocycles. The molecule has 0 saturated carbocycles. The van der Waals surface area contributed by atoms with Crippen molar-refractivity contribution in [3.63, 3.8) is 0 Å². The summed E-state index contributed by atoms with van der Waals surface area (Å²) in [4.78, 5) is 29.2. The first-order valence-corrected chi connectivity index (χ1v) is 9.00. The van der Waals surface area contributed by atoms with Crippen LogP contribution in [-0.4, -0.2) is 26.7 Å². The van der Waals surface area contributed by atoms with Crippen LogP contribution >= 0.6 is 0 Å². The zero-order valence-electron chi connectivity index (χ0n) is 16.8. The Bertz CT molecular complexity index is 945. The summed E-state index contributed by atoms with van der Waals surface area (Å²) in [6.07, 6.45) is 0.311. The number of alkyl halides is 1. The number of rotatable bonds is 6. The molecule has 0 fully saturated rings. The maximum atomic E-state index is 13.9. The third-order valence-corrected chi connectivity index (χ3v) is 4.35. The van der Waals surface area contributed by atoms with E-state index in [1.54, 1.807) is 38.1 Å². The van der Waals surface area contributed by atoms with Gasteiger partial charge in [-0.25, -0.2) is 9.18 Å². The number of aliphatic hydroxyl groups is 1. The molecule has 0 spiro atoms. The fourth-order valence-electron chi connectivity index (χ4n) is 2.75. The van der Waals surface area contributed by atoms with E-state index >= 15 is 0 Å². The zero-order valence-corrected chi connectivity index (χ0v) is 16.8. The lowest BCUT2D eigenvalue weighted by Crippen LogP contribution is -2.40. The topological polar surface area (TPSA) is 85.8 Å². The summed E-state index contributed by atoms with van der Waals surface area (Å²) in [5, 5.41) is 8.94. The van der Waals surface area contributed by atoms with Crippen LogP contribution in [-0.2, 0) is 19.3 Å². The van der Waals surface area contributed by atoms with Gasteiger partial charge in [-0.1, -0.05) is 12.1 Å². The van der Waals surface area contributed by atoms with E-state index in [9.17, 15) is 14.0 Å². The van der Waals surface area contributed by atoms with Crippen LogP contribution in [0.15, 0.2) is 38.8 Å². The van der Waals surface area contributed by atoms with Crippen molar-refractivity contribution in [3.8, 4) is 5.75 Å². The van der Waals surface area contributed by atoms with Crippen LogP contribution in [0.4, 0.5) is 10.2 Å². The lowest BCUT2D eigenvalue weighted by atomic mass is 10.0. The number of hydrogen-bond donors (Lipinski definition) is 1. The molecule has 0 aliphatic heterocycles. The van der Waals surface area contributed by atoms with E-state index in [1.165, 1.54) is 25.5 Å². The third kappa shape index (κ3) is 4.75. The summed E-state index contributed by atoms with van der Waals surface area (Å²) in [6.45, 7) is 6.17. The molecule has 2 rings (SSSR count). The van der Waals surface area contributed by atoms with Crippen molar-refractivity contribution in [2.75, 3.05) is 6.61 Å². The third-order valence-electron chi connectivity index (χ3n) is 4.35. The van der Waals surface area contributed by atoms with E-state index in [-0.39, 0.29) is 24.9 Å². The fraction of sp³-hybridized carbons (Fsp3) is 0.450. The van der Waals surface area contributed by atoms with Gasteiger partial charge in [-0.3, -0.25) is 13.9 Å². The largest absolute Gasteiger partial charge is 0.443 e. The van der Waals surface area contributed by atoms with E-state index in [4.69, 9.17) is 9.84 Å². The summed E-state index contributed by atoms with van der Waals surface area (Å²) in [5.74, 6) is 0.903. The van der Waals surface area contributed by atoms with E-state index in [2.05, 4.69) is 4.99 Å². The molecule has 0 radical (unpaired) electrons. The van der Waals surface area contributed by atoms with Crippen LogP contribution in [0.5, 0.6) is 5.75 Å². The first-order valence-electron chi connectivity index (χ1n) is 9.00. The Morgan fingerprint density at radius 2 is 1.86 bits per heavy atom. The Balaban J connectivity index is 2.34. The van der Waals surface area contributed by atoms with Crippen LogP contribution in [0, 0.1) is 6.92 Å². The number of hydrogen-bond acceptors (Lipinski definition) is 5. The number of nitrogens with zero attached hydrogens (tertiary/aromatic N) is 3. The Morgan fingerprint density at radius 3 is 2.39 bits per heavy atom. The van der Waals surface area contributed by atoms with E-state index in [0.717, 1.165) is 4.57 Å². The molecule has 0 aliphatic rings. The summed E-state index contributed by atoms with van der Waals surface area (Å²) in [7, 11) is 1.52. The van der Waals surface area contributed by atoms with Crippen molar-refractivity contribution in [1.29, 1.82) is 0 Å². The monoisotopic (exact) mass is 391 g/mol. The summed E-state index contributed by atoms with van der Waals surface area (Å²) < 4.78 is 21.9. The fourth-order valence-corrected chi connectivity index (χ4v) is 2.75. The normalized spacial score (nSPS) is 12.3. The van der Waals surface area contributed by atoms with Gasteiger partial charge in [0.25, 0.3) is 5.56 Å². The summed E-state index contributed by atoms with van der Waals surface area (Å²) >= 11 is 0. The Morgan fingerprint density at radius 1 is 1.25 bits per heavy atom. The summed E-state index contributed by atoms with van der Waals surface area (Å²) in [6, 6.07) is 6.53. The standard InChI is InChI=1S/C20H26FN3O4/c1-13-17(23(5)19(27)24(18(13)26)11-6-12-25)22-14(2)28-16-9-7-15(8-10-16)20(3,4)21/h7-10,25H,6,11-12H2,1-5H3/b22-14+. The predicted octanol–water partition coefficient (Wildman–Crippen LogP) is 2.57. The molecule has 0 bridgehead atoms. The minimum absolute atomic E-state index is 0.111. The molecule has 152 valence electrons. The van der Waals surface area contributed by atoms with Crippen molar-refractivity contribution in [2.45, 2.75) is 46.3 Å². The molecule has 8 heteroatoms. The SMILES string of the molecule is C/C(=N\c1c(C)c(=O)n(CCCO)c(=O)n1C)Oc1ccc(C(C)(C)F)cc1. The van der Waals surface area contributed by atoms with Gasteiger partial charge in [0.05, 0.1) is 5.56 Å². The minimum Gasteiger partial charge on any atom is -0.443 e. The number of benzene rings is 1. The number of aliphatic hydroxyl groups excluding tert-OH is 1. The van der Waals surface area contributed by atoms with Gasteiger partial charge in [0.2, 0.25) is 0 Å². The molecule has 1 heterocycles. The second kappa shape index (κ2) is 8.52. The highest BCUT2D eigenvalue weighted by atomic mass is 19.1. The number of ether oxygens (including phenoxy) is 1. The molecule has 1 aromatic carbocycles. The Hall–Kier alpha value is -2.74. The average molecular weight is 391 g/mol. The molecule has 2 aromatic rings. The van der Waals surface area contributed by atoms with Crippen molar-refractivity contribution < 1.29 is 14.2 Å². The van der Waals surface area contributed by atoms with Crippen LogP contribution in [0.3, 0.4) is 0 Å². The molecule has 28 heavy (non-hydrogen) atoms. The van der Waals surface area contributed by atoms with Gasteiger partial charge in [-0.2, -0.15) is 4.99 Å². The molecule has 0 amide bonds. The first-order chi connectivity index (χ1) is 13.1. The Labute approximate surface area is 162 Å². The minimum atomic E-state index is -1.45. The van der Waals surface area contributed by atoms with Gasteiger partial charge in [0.1, 0.15) is 17.2 Å². The predicted molar refractivity (Wildman–Crippen MR) is 106 cm³/mol. The van der Waals surface area contributed by atoms with Gasteiger partial charge < -0.3 is 9.84 Å². The van der Waals surface area contributed by atoms with Gasteiger partial charge in [-0.05, 0) is 44.9 Å². The van der Waals surface area contributed by atoms with Crippen molar-refractivity contribution in [3.05, 3.63) is 56.2 Å². The first kappa shape index (κ1) is 21.6. The highest BCUT2D eigenvalue weighted by Crippen LogP contribution is 2.26. The van der Waals surface area contributed by atoms with Gasteiger partial charge in [-0.15, -0.1) is 0 Å². The molecule has 0 unspecified atom stereocenters. The van der Waals surface area contributed by atoms with Crippen LogP contribution in [0.1, 0.15) is 38.3 Å². The van der Waals surface area contributed by atoms with Crippen molar-refractivity contribution in [1.82, 2.24) is 9.13 Å². The van der Waals surface area contributed by atoms with Gasteiger partial charge in [0, 0.05) is 27.1 Å². The van der Waals surface area contributed by atoms with E-state index in [0.29, 0.717) is 23.3 Å². The number of aliphatic imine (C=N–C) groups is 1. The van der Waals surface area contributed by atoms with Crippen molar-refractivity contribution >= 4 is 11.7 Å². The molecular formula is C20H26FN3O4. The van der Waals surface area contributed by atoms with Crippen LogP contribution < -0.4 is 16.0 Å². The lowest BCUT2D eigenvalue weighted by Gasteiger charge is -2.15. The molecule has 0 atom stereocenters. The van der Waals surface area contributed by atoms with Crippen LogP contribution in [0.2, 0.25) is 0 Å². The number of aromatic nitrogens is 2. The molecule has 7 nitrogen and oxygen atoms in total. The van der Waals surface area contributed by atoms with Gasteiger partial charge >= 0.3 is 5.69 Å². The molecular weight excluding hydrogens is 365 g/mol. The lowest BCUT2D eigenvalue weighted by molar-refractivity contribution is 0.221. The molecule has 1 N–H and O–H groups in total. The Kier molecular flexibility index (Phi) is 6.56. The molecule has 0 aliphatic carbocycles. The van der Waals surface area contributed by atoms with E-state index < -0.39 is 16.9 Å². The summed E-state index contributed by atoms with van der Waals surface area (Å²) in [5.41, 5.74) is -1.57. The second-order valence-corrected chi connectivity index (χ2v) is 7.05. The highest BCUT2D eigenvalue weighted by Gasteiger charge is 2.18. The van der Waals surface area contributed by atoms with Crippen molar-refractivity contribution in [2.24, 2.45) is 12.0 Å². The maximum Gasteiger partial charge on any atom is 0.332 e. The highest BCUT2D eigenvalue weighted by molar-refractivity contribution is 5.78. The smallest absolute Gasteiger partial charge is 0.332 e.